The molecule has 1 unspecified atom stereocenters. The van der Waals surface area contributed by atoms with E-state index in [0.29, 0.717) is 6.04 Å². The van der Waals surface area contributed by atoms with Crippen LogP contribution in [-0.2, 0) is 13.6 Å². The smallest absolute Gasteiger partial charge is 0.146 e. The van der Waals surface area contributed by atoms with E-state index >= 15 is 0 Å². The van der Waals surface area contributed by atoms with E-state index in [1.807, 2.05) is 17.7 Å². The molecule has 1 aromatic heterocycles. The average Bonchev–Trinajstić information content (AvgIpc) is 2.68. The Labute approximate surface area is 97.8 Å². The Kier molecular flexibility index (Phi) is 5.78. The largest absolute Gasteiger partial charge is 0.320 e. The lowest BCUT2D eigenvalue weighted by Crippen LogP contribution is -2.29. The van der Waals surface area contributed by atoms with Crippen LogP contribution in [0.4, 0.5) is 0 Å². The molecular weight excluding hydrogens is 200 g/mol. The van der Waals surface area contributed by atoms with Crippen molar-refractivity contribution in [2.75, 3.05) is 0 Å². The maximum absolute atomic E-state index is 4.06. The first-order chi connectivity index (χ1) is 7.77. The van der Waals surface area contributed by atoms with Crippen molar-refractivity contribution in [2.24, 2.45) is 7.05 Å². The van der Waals surface area contributed by atoms with Crippen molar-refractivity contribution in [3.8, 4) is 0 Å². The van der Waals surface area contributed by atoms with Crippen molar-refractivity contribution in [1.29, 1.82) is 0 Å². The predicted molar refractivity (Wildman–Crippen MR) is 66.0 cm³/mol. The molecule has 0 aromatic carbocycles. The molecule has 1 N–H and O–H groups in total. The molecule has 0 saturated heterocycles. The summed E-state index contributed by atoms with van der Waals surface area (Å²) in [6.07, 6.45) is 8.33. The molecule has 4 nitrogen and oxygen atoms in total. The van der Waals surface area contributed by atoms with E-state index in [2.05, 4.69) is 29.0 Å². The van der Waals surface area contributed by atoms with Gasteiger partial charge in [-0.2, -0.15) is 0 Å². The normalized spacial score (nSPS) is 12.6. The highest BCUT2D eigenvalue weighted by molar-refractivity contribution is 4.85. The Balaban J connectivity index is 2.36. The van der Waals surface area contributed by atoms with Crippen molar-refractivity contribution < 1.29 is 0 Å². The SMILES string of the molecule is C=CCCC(CCC)NCc1nncn1C. The molecule has 16 heavy (non-hydrogen) atoms. The summed E-state index contributed by atoms with van der Waals surface area (Å²) < 4.78 is 1.95. The molecule has 90 valence electrons. The summed E-state index contributed by atoms with van der Waals surface area (Å²) in [5.74, 6) is 0.986. The van der Waals surface area contributed by atoms with Crippen LogP contribution in [0.15, 0.2) is 19.0 Å². The van der Waals surface area contributed by atoms with Gasteiger partial charge in [-0.05, 0) is 19.3 Å². The van der Waals surface area contributed by atoms with Gasteiger partial charge >= 0.3 is 0 Å². The van der Waals surface area contributed by atoms with Gasteiger partial charge in [0.1, 0.15) is 12.2 Å². The molecule has 1 atom stereocenters. The standard InChI is InChI=1S/C12H22N4/c1-4-6-8-11(7-5-2)13-9-12-15-14-10-16(12)3/h4,10-11,13H,1,5-9H2,2-3H3. The van der Waals surface area contributed by atoms with Crippen LogP contribution in [0, 0.1) is 0 Å². The van der Waals surface area contributed by atoms with Crippen molar-refractivity contribution >= 4 is 0 Å². The van der Waals surface area contributed by atoms with Gasteiger partial charge in [-0.25, -0.2) is 0 Å². The van der Waals surface area contributed by atoms with E-state index in [0.717, 1.165) is 25.2 Å². The lowest BCUT2D eigenvalue weighted by atomic mass is 10.1. The van der Waals surface area contributed by atoms with Gasteiger partial charge in [-0.3, -0.25) is 0 Å². The van der Waals surface area contributed by atoms with Crippen molar-refractivity contribution in [3.05, 3.63) is 24.8 Å². The summed E-state index contributed by atoms with van der Waals surface area (Å²) in [7, 11) is 1.97. The van der Waals surface area contributed by atoms with Crippen molar-refractivity contribution in [3.63, 3.8) is 0 Å². The monoisotopic (exact) mass is 222 g/mol. The van der Waals surface area contributed by atoms with E-state index in [4.69, 9.17) is 0 Å². The Bertz CT molecular complexity index is 306. The van der Waals surface area contributed by atoms with Gasteiger partial charge in [-0.15, -0.1) is 16.8 Å². The zero-order valence-electron chi connectivity index (χ0n) is 10.3. The maximum atomic E-state index is 4.06. The fourth-order valence-corrected chi connectivity index (χ4v) is 1.72. The van der Waals surface area contributed by atoms with Crippen LogP contribution in [0.5, 0.6) is 0 Å². The van der Waals surface area contributed by atoms with E-state index in [1.165, 1.54) is 12.8 Å². The number of nitrogens with zero attached hydrogens (tertiary/aromatic N) is 3. The molecule has 0 saturated carbocycles. The van der Waals surface area contributed by atoms with Crippen LogP contribution in [0.25, 0.3) is 0 Å². The second kappa shape index (κ2) is 7.17. The number of allylic oxidation sites excluding steroid dienone is 1. The molecule has 0 aliphatic heterocycles. The summed E-state index contributed by atoms with van der Waals surface area (Å²) >= 11 is 0. The van der Waals surface area contributed by atoms with Crippen molar-refractivity contribution in [2.45, 2.75) is 45.2 Å². The highest BCUT2D eigenvalue weighted by Crippen LogP contribution is 2.06. The first-order valence-corrected chi connectivity index (χ1v) is 5.95. The second-order valence-electron chi connectivity index (χ2n) is 4.09. The van der Waals surface area contributed by atoms with E-state index in [9.17, 15) is 0 Å². The van der Waals surface area contributed by atoms with Gasteiger partial charge < -0.3 is 9.88 Å². The van der Waals surface area contributed by atoms with Gasteiger partial charge in [0.15, 0.2) is 0 Å². The first-order valence-electron chi connectivity index (χ1n) is 5.95. The number of hydrogen-bond donors (Lipinski definition) is 1. The number of nitrogens with one attached hydrogen (secondary N) is 1. The van der Waals surface area contributed by atoms with Crippen LogP contribution in [0.1, 0.15) is 38.4 Å². The quantitative estimate of drug-likeness (QED) is 0.684. The fourth-order valence-electron chi connectivity index (χ4n) is 1.72. The highest BCUT2D eigenvalue weighted by atomic mass is 15.3. The minimum Gasteiger partial charge on any atom is -0.320 e. The molecule has 1 heterocycles. The first kappa shape index (κ1) is 12.9. The fraction of sp³-hybridized carbons (Fsp3) is 0.667. The van der Waals surface area contributed by atoms with Gasteiger partial charge in [-0.1, -0.05) is 19.4 Å². The Morgan fingerprint density at radius 3 is 2.94 bits per heavy atom. The lowest BCUT2D eigenvalue weighted by Gasteiger charge is -2.16. The number of hydrogen-bond acceptors (Lipinski definition) is 3. The van der Waals surface area contributed by atoms with Gasteiger partial charge in [0.25, 0.3) is 0 Å². The lowest BCUT2D eigenvalue weighted by molar-refractivity contribution is 0.440. The van der Waals surface area contributed by atoms with Gasteiger partial charge in [0.2, 0.25) is 0 Å². The minimum atomic E-state index is 0.555. The highest BCUT2D eigenvalue weighted by Gasteiger charge is 2.07. The molecule has 1 rings (SSSR count). The topological polar surface area (TPSA) is 42.7 Å². The van der Waals surface area contributed by atoms with E-state index < -0.39 is 0 Å². The summed E-state index contributed by atoms with van der Waals surface area (Å²) in [5.41, 5.74) is 0. The summed E-state index contributed by atoms with van der Waals surface area (Å²) in [6.45, 7) is 6.77. The molecule has 0 bridgehead atoms. The molecular formula is C12H22N4. The number of aryl methyl sites for hydroxylation is 1. The van der Waals surface area contributed by atoms with Crippen LogP contribution in [0.3, 0.4) is 0 Å². The Hall–Kier alpha value is -1.16. The summed E-state index contributed by atoms with van der Waals surface area (Å²) in [4.78, 5) is 0. The minimum absolute atomic E-state index is 0.555. The van der Waals surface area contributed by atoms with Crippen LogP contribution >= 0.6 is 0 Å². The molecule has 0 fully saturated rings. The van der Waals surface area contributed by atoms with Crippen molar-refractivity contribution in [1.82, 2.24) is 20.1 Å². The van der Waals surface area contributed by atoms with Crippen LogP contribution in [-0.4, -0.2) is 20.8 Å². The molecule has 0 amide bonds. The van der Waals surface area contributed by atoms with Crippen LogP contribution < -0.4 is 5.32 Å². The number of aromatic nitrogens is 3. The Morgan fingerprint density at radius 2 is 2.38 bits per heavy atom. The third kappa shape index (κ3) is 4.14. The maximum Gasteiger partial charge on any atom is 0.146 e. The molecule has 4 heteroatoms. The molecule has 1 aromatic rings. The summed E-state index contributed by atoms with van der Waals surface area (Å²) in [6, 6.07) is 0.555. The molecule has 0 spiro atoms. The number of rotatable bonds is 8. The summed E-state index contributed by atoms with van der Waals surface area (Å²) in [5, 5.41) is 11.5. The zero-order valence-corrected chi connectivity index (χ0v) is 10.3. The Morgan fingerprint density at radius 1 is 1.56 bits per heavy atom. The van der Waals surface area contributed by atoms with E-state index in [-0.39, 0.29) is 0 Å². The van der Waals surface area contributed by atoms with Crippen LogP contribution in [0.2, 0.25) is 0 Å². The van der Waals surface area contributed by atoms with E-state index in [1.54, 1.807) is 6.33 Å². The third-order valence-electron chi connectivity index (χ3n) is 2.71. The second-order valence-corrected chi connectivity index (χ2v) is 4.09. The molecule has 0 radical (unpaired) electrons. The molecule has 0 aliphatic carbocycles. The average molecular weight is 222 g/mol. The van der Waals surface area contributed by atoms with Gasteiger partial charge in [0, 0.05) is 13.1 Å². The third-order valence-corrected chi connectivity index (χ3v) is 2.71. The predicted octanol–water partition coefficient (Wildman–Crippen LogP) is 2.04. The zero-order chi connectivity index (χ0) is 11.8. The molecule has 0 aliphatic rings. The van der Waals surface area contributed by atoms with Gasteiger partial charge in [0.05, 0.1) is 6.54 Å².